The van der Waals surface area contributed by atoms with Gasteiger partial charge in [0.05, 0.1) is 19.9 Å². The van der Waals surface area contributed by atoms with Crippen LogP contribution in [0.4, 0.5) is 5.69 Å². The molecule has 1 aromatic heterocycles. The number of hydrazone groups is 1. The molecule has 186 valence electrons. The minimum absolute atomic E-state index is 0.0188. The molecule has 1 aliphatic rings. The number of hydrogen-bond donors (Lipinski definition) is 1. The second-order valence-electron chi connectivity index (χ2n) is 8.50. The molecule has 1 N–H and O–H groups in total. The van der Waals surface area contributed by atoms with E-state index in [4.69, 9.17) is 14.6 Å². The molecule has 0 fully saturated rings. The summed E-state index contributed by atoms with van der Waals surface area (Å²) in [6.07, 6.45) is 3.46. The van der Waals surface area contributed by atoms with Gasteiger partial charge in [-0.1, -0.05) is 25.1 Å². The summed E-state index contributed by atoms with van der Waals surface area (Å²) < 4.78 is 10.8. The van der Waals surface area contributed by atoms with E-state index >= 15 is 0 Å². The van der Waals surface area contributed by atoms with E-state index in [9.17, 15) is 9.59 Å². The minimum atomic E-state index is -0.259. The normalized spacial score (nSPS) is 15.3. The molecule has 0 saturated heterocycles. The Morgan fingerprint density at radius 3 is 2.50 bits per heavy atom. The molecule has 0 bridgehead atoms. The first-order chi connectivity index (χ1) is 17.5. The summed E-state index contributed by atoms with van der Waals surface area (Å²) in [5.74, 6) is 1.09. The number of nitrogens with zero attached hydrogens (tertiary/aromatic N) is 3. The van der Waals surface area contributed by atoms with Crippen molar-refractivity contribution in [1.29, 1.82) is 0 Å². The molecule has 0 aliphatic carbocycles. The van der Waals surface area contributed by atoms with Crippen LogP contribution in [0.1, 0.15) is 41.4 Å². The van der Waals surface area contributed by atoms with E-state index in [2.05, 4.69) is 17.2 Å². The highest BCUT2D eigenvalue weighted by Crippen LogP contribution is 2.31. The summed E-state index contributed by atoms with van der Waals surface area (Å²) in [6, 6.07) is 18.5. The lowest BCUT2D eigenvalue weighted by Gasteiger charge is -2.29. The first-order valence-corrected chi connectivity index (χ1v) is 11.9. The molecule has 1 aliphatic heterocycles. The fraction of sp³-hybridized carbons (Fsp3) is 0.286. The molecule has 8 nitrogen and oxygen atoms in total. The largest absolute Gasteiger partial charge is 0.493 e. The maximum absolute atomic E-state index is 12.8. The van der Waals surface area contributed by atoms with Gasteiger partial charge in [-0.15, -0.1) is 0 Å². The molecule has 3 aromatic rings. The molecule has 0 saturated carbocycles. The molecule has 1 unspecified atom stereocenters. The third-order valence-electron chi connectivity index (χ3n) is 6.22. The summed E-state index contributed by atoms with van der Waals surface area (Å²) in [6.45, 7) is 2.53. The van der Waals surface area contributed by atoms with Crippen molar-refractivity contribution >= 4 is 23.2 Å². The van der Waals surface area contributed by atoms with Gasteiger partial charge in [-0.3, -0.25) is 14.6 Å². The molecule has 36 heavy (non-hydrogen) atoms. The maximum Gasteiger partial charge on any atom is 0.274 e. The number of carbonyl (C=O) groups is 2. The number of hydrogen-bond acceptors (Lipinski definition) is 6. The lowest BCUT2D eigenvalue weighted by molar-refractivity contribution is -0.132. The van der Waals surface area contributed by atoms with Crippen molar-refractivity contribution in [2.75, 3.05) is 26.1 Å². The number of rotatable bonds is 9. The number of pyridine rings is 1. The van der Waals surface area contributed by atoms with Crippen molar-refractivity contribution in [1.82, 2.24) is 9.99 Å². The zero-order valence-electron chi connectivity index (χ0n) is 20.7. The Balaban J connectivity index is 1.45. The van der Waals surface area contributed by atoms with Crippen molar-refractivity contribution in [2.45, 2.75) is 26.2 Å². The highest BCUT2D eigenvalue weighted by atomic mass is 16.5. The predicted octanol–water partition coefficient (Wildman–Crippen LogP) is 4.56. The molecular weight excluding hydrogens is 456 g/mol. The lowest BCUT2D eigenvalue weighted by atomic mass is 9.89. The molecule has 4 rings (SSSR count). The van der Waals surface area contributed by atoms with Crippen LogP contribution in [0, 0.1) is 5.92 Å². The molecule has 2 heterocycles. The number of aromatic nitrogens is 1. The van der Waals surface area contributed by atoms with Gasteiger partial charge in [0, 0.05) is 36.3 Å². The first-order valence-electron chi connectivity index (χ1n) is 11.9. The third-order valence-corrected chi connectivity index (χ3v) is 6.22. The van der Waals surface area contributed by atoms with Crippen molar-refractivity contribution in [3.8, 4) is 11.5 Å². The molecule has 0 radical (unpaired) electrons. The highest BCUT2D eigenvalue weighted by Gasteiger charge is 2.29. The highest BCUT2D eigenvalue weighted by molar-refractivity contribution is 6.06. The number of carbonyl (C=O) groups excluding carboxylic acids is 2. The van der Waals surface area contributed by atoms with Gasteiger partial charge in [-0.25, -0.2) is 5.01 Å². The Morgan fingerprint density at radius 2 is 1.83 bits per heavy atom. The quantitative estimate of drug-likeness (QED) is 0.479. The monoisotopic (exact) mass is 486 g/mol. The number of nitrogens with one attached hydrogen (secondary N) is 1. The molecular formula is C28H30N4O4. The van der Waals surface area contributed by atoms with Crippen LogP contribution < -0.4 is 14.8 Å². The SMILES string of the molecule is CCC1CC(=O)N(CCc2ccc(NC(=O)c3ccccn3)cc2)N=C1c1ccc(OC)c(OC)c1. The summed E-state index contributed by atoms with van der Waals surface area (Å²) in [5, 5.41) is 9.17. The van der Waals surface area contributed by atoms with Crippen molar-refractivity contribution in [3.63, 3.8) is 0 Å². The van der Waals surface area contributed by atoms with Crippen molar-refractivity contribution < 1.29 is 19.1 Å². The average Bonchev–Trinajstić information content (AvgIpc) is 2.93. The van der Waals surface area contributed by atoms with E-state index in [0.717, 1.165) is 23.3 Å². The summed E-state index contributed by atoms with van der Waals surface area (Å²) >= 11 is 0. The second kappa shape index (κ2) is 11.5. The van der Waals surface area contributed by atoms with Gasteiger partial charge in [0.1, 0.15) is 5.69 Å². The van der Waals surface area contributed by atoms with Gasteiger partial charge in [0.15, 0.2) is 11.5 Å². The van der Waals surface area contributed by atoms with Gasteiger partial charge >= 0.3 is 0 Å². The van der Waals surface area contributed by atoms with E-state index < -0.39 is 0 Å². The molecule has 1 atom stereocenters. The van der Waals surface area contributed by atoms with Crippen LogP contribution in [-0.4, -0.2) is 48.3 Å². The Kier molecular flexibility index (Phi) is 7.95. The van der Waals surface area contributed by atoms with Crippen LogP contribution in [0.5, 0.6) is 11.5 Å². The number of ether oxygens (including phenoxy) is 2. The molecule has 8 heteroatoms. The van der Waals surface area contributed by atoms with Crippen LogP contribution in [-0.2, 0) is 11.2 Å². The van der Waals surface area contributed by atoms with Crippen molar-refractivity contribution in [2.24, 2.45) is 11.0 Å². The van der Waals surface area contributed by atoms with Gasteiger partial charge < -0.3 is 14.8 Å². The summed E-state index contributed by atoms with van der Waals surface area (Å²) in [5.41, 5.74) is 3.89. The van der Waals surface area contributed by atoms with Gasteiger partial charge in [0.2, 0.25) is 5.91 Å². The Morgan fingerprint density at radius 1 is 1.06 bits per heavy atom. The fourth-order valence-electron chi connectivity index (χ4n) is 4.16. The standard InChI is InChI=1S/C28H30N4O4/c1-4-20-18-26(33)32(31-27(20)21-10-13-24(35-2)25(17-21)36-3)16-14-19-8-11-22(12-9-19)30-28(34)23-7-5-6-15-29-23/h5-13,15,17,20H,4,14,16,18H2,1-3H3,(H,30,34). The van der Waals surface area contributed by atoms with Crippen molar-refractivity contribution in [3.05, 3.63) is 83.7 Å². The van der Waals surface area contributed by atoms with E-state index in [0.29, 0.717) is 42.3 Å². The van der Waals surface area contributed by atoms with E-state index in [1.807, 2.05) is 42.5 Å². The number of methoxy groups -OCH3 is 2. The summed E-state index contributed by atoms with van der Waals surface area (Å²) in [7, 11) is 3.21. The first kappa shape index (κ1) is 24.9. The Bertz CT molecular complexity index is 1240. The Hall–Kier alpha value is -4.20. The molecule has 0 spiro atoms. The number of amides is 2. The number of anilines is 1. The van der Waals surface area contributed by atoms with E-state index in [1.54, 1.807) is 43.6 Å². The average molecular weight is 487 g/mol. The van der Waals surface area contributed by atoms with Gasteiger partial charge in [-0.2, -0.15) is 5.10 Å². The van der Waals surface area contributed by atoms with Crippen LogP contribution >= 0.6 is 0 Å². The maximum atomic E-state index is 12.8. The van der Waals surface area contributed by atoms with Crippen LogP contribution in [0.25, 0.3) is 0 Å². The van der Waals surface area contributed by atoms with Gasteiger partial charge in [0.25, 0.3) is 5.91 Å². The van der Waals surface area contributed by atoms with Crippen LogP contribution in [0.3, 0.4) is 0 Å². The fourth-order valence-corrected chi connectivity index (χ4v) is 4.16. The Labute approximate surface area is 210 Å². The lowest BCUT2D eigenvalue weighted by Crippen LogP contribution is -2.38. The second-order valence-corrected chi connectivity index (χ2v) is 8.50. The van der Waals surface area contributed by atoms with Gasteiger partial charge in [-0.05, 0) is 60.9 Å². The van der Waals surface area contributed by atoms with Crippen LogP contribution in [0.15, 0.2) is 72.0 Å². The number of benzene rings is 2. The van der Waals surface area contributed by atoms with Crippen LogP contribution in [0.2, 0.25) is 0 Å². The smallest absolute Gasteiger partial charge is 0.274 e. The molecule has 2 aromatic carbocycles. The predicted molar refractivity (Wildman–Crippen MR) is 139 cm³/mol. The van der Waals surface area contributed by atoms with E-state index in [1.165, 1.54) is 0 Å². The summed E-state index contributed by atoms with van der Waals surface area (Å²) in [4.78, 5) is 29.2. The minimum Gasteiger partial charge on any atom is -0.493 e. The topological polar surface area (TPSA) is 93.1 Å². The third kappa shape index (κ3) is 5.71. The zero-order valence-corrected chi connectivity index (χ0v) is 20.7. The zero-order chi connectivity index (χ0) is 25.5. The van der Waals surface area contributed by atoms with E-state index in [-0.39, 0.29) is 17.7 Å². The molecule has 2 amide bonds.